The maximum absolute atomic E-state index is 10.7. The normalized spacial score (nSPS) is 13.7. The minimum Gasteiger partial charge on any atom is -0.487 e. The van der Waals surface area contributed by atoms with Gasteiger partial charge in [0.1, 0.15) is 13.2 Å². The van der Waals surface area contributed by atoms with E-state index in [-0.39, 0.29) is 36.1 Å². The Kier molecular flexibility index (Phi) is 10.5. The summed E-state index contributed by atoms with van der Waals surface area (Å²) in [4.78, 5) is 0. The zero-order valence-corrected chi connectivity index (χ0v) is 20.7. The van der Waals surface area contributed by atoms with Gasteiger partial charge in [0, 0.05) is 0 Å². The van der Waals surface area contributed by atoms with E-state index in [0.717, 1.165) is 6.42 Å². The van der Waals surface area contributed by atoms with E-state index in [0.29, 0.717) is 31.1 Å². The van der Waals surface area contributed by atoms with Crippen LogP contribution < -0.4 is 9.47 Å². The van der Waals surface area contributed by atoms with Crippen molar-refractivity contribution in [3.63, 3.8) is 0 Å². The fraction of sp³-hybridized carbons (Fsp3) is 0.692. The van der Waals surface area contributed by atoms with Crippen LogP contribution in [0.25, 0.3) is 0 Å². The first-order valence-electron chi connectivity index (χ1n) is 11.2. The Hall–Kier alpha value is -1.56. The van der Waals surface area contributed by atoms with E-state index in [2.05, 4.69) is 47.3 Å². The van der Waals surface area contributed by atoms with Crippen LogP contribution in [0.3, 0.4) is 0 Å². The third-order valence-electron chi connectivity index (χ3n) is 5.39. The van der Waals surface area contributed by atoms with E-state index in [1.165, 1.54) is 5.56 Å². The number of ether oxygens (including phenoxy) is 3. The molecule has 0 heterocycles. The van der Waals surface area contributed by atoms with Gasteiger partial charge >= 0.3 is 0 Å². The number of hydrogen-bond acceptors (Lipinski definition) is 5. The van der Waals surface area contributed by atoms with Crippen LogP contribution in [-0.4, -0.2) is 49.4 Å². The lowest BCUT2D eigenvalue weighted by Crippen LogP contribution is -2.34. The highest BCUT2D eigenvalue weighted by atomic mass is 16.5. The maximum atomic E-state index is 10.7. The molecule has 0 saturated carbocycles. The highest BCUT2D eigenvalue weighted by Gasteiger charge is 2.30. The number of allylic oxidation sites excluding steroid dienone is 1. The Morgan fingerprint density at radius 2 is 1.65 bits per heavy atom. The molecule has 178 valence electrons. The van der Waals surface area contributed by atoms with Crippen molar-refractivity contribution in [1.82, 2.24) is 0 Å². The first-order valence-corrected chi connectivity index (χ1v) is 11.2. The second-order valence-corrected chi connectivity index (χ2v) is 10.8. The van der Waals surface area contributed by atoms with Crippen molar-refractivity contribution in [3.8, 4) is 11.5 Å². The first kappa shape index (κ1) is 27.5. The minimum atomic E-state index is -0.641. The van der Waals surface area contributed by atoms with Crippen LogP contribution in [0.1, 0.15) is 66.9 Å². The van der Waals surface area contributed by atoms with E-state index < -0.39 is 6.10 Å². The summed E-state index contributed by atoms with van der Waals surface area (Å²) in [6, 6.07) is 6.05. The topological polar surface area (TPSA) is 68.2 Å². The molecule has 5 heteroatoms. The third kappa shape index (κ3) is 9.63. The van der Waals surface area contributed by atoms with Gasteiger partial charge in [0.15, 0.2) is 11.5 Å². The molecule has 0 bridgehead atoms. The SMILES string of the molecule is C=CCC(C)(C)C(O)COc1cc(C(C)(C)CC(C)(C)C)ccc1OCCOCCO. The van der Waals surface area contributed by atoms with Crippen LogP contribution in [0.4, 0.5) is 0 Å². The molecular formula is C26H44O5. The lowest BCUT2D eigenvalue weighted by Gasteiger charge is -2.33. The zero-order valence-electron chi connectivity index (χ0n) is 20.7. The summed E-state index contributed by atoms with van der Waals surface area (Å²) >= 11 is 0. The van der Waals surface area contributed by atoms with Gasteiger partial charge in [-0.25, -0.2) is 0 Å². The predicted molar refractivity (Wildman–Crippen MR) is 127 cm³/mol. The van der Waals surface area contributed by atoms with Crippen molar-refractivity contribution >= 4 is 0 Å². The molecule has 1 rings (SSSR count). The first-order chi connectivity index (χ1) is 14.3. The van der Waals surface area contributed by atoms with Crippen molar-refractivity contribution in [2.75, 3.05) is 33.0 Å². The number of hydrogen-bond donors (Lipinski definition) is 2. The van der Waals surface area contributed by atoms with E-state index in [1.54, 1.807) is 0 Å². The summed E-state index contributed by atoms with van der Waals surface area (Å²) in [6.07, 6.45) is 2.89. The second-order valence-electron chi connectivity index (χ2n) is 10.8. The van der Waals surface area contributed by atoms with Gasteiger partial charge in [0.25, 0.3) is 0 Å². The molecule has 1 atom stereocenters. The molecule has 1 aromatic rings. The third-order valence-corrected chi connectivity index (χ3v) is 5.39. The summed E-state index contributed by atoms with van der Waals surface area (Å²) in [5, 5.41) is 19.5. The Labute approximate surface area is 189 Å². The van der Waals surface area contributed by atoms with Gasteiger partial charge in [-0.3, -0.25) is 0 Å². The van der Waals surface area contributed by atoms with Crippen molar-refractivity contribution in [2.45, 2.75) is 72.8 Å². The average Bonchev–Trinajstić information content (AvgIpc) is 2.64. The quantitative estimate of drug-likeness (QED) is 0.313. The van der Waals surface area contributed by atoms with Gasteiger partial charge in [-0.05, 0) is 46.8 Å². The van der Waals surface area contributed by atoms with Gasteiger partial charge in [-0.2, -0.15) is 0 Å². The summed E-state index contributed by atoms with van der Waals surface area (Å²) in [7, 11) is 0. The summed E-state index contributed by atoms with van der Waals surface area (Å²) in [6.45, 7) is 20.2. The summed E-state index contributed by atoms with van der Waals surface area (Å²) < 4.78 is 17.3. The van der Waals surface area contributed by atoms with Gasteiger partial charge in [0.05, 0.1) is 25.9 Å². The van der Waals surface area contributed by atoms with Gasteiger partial charge in [0.2, 0.25) is 0 Å². The maximum Gasteiger partial charge on any atom is 0.161 e. The van der Waals surface area contributed by atoms with Gasteiger partial charge in [-0.15, -0.1) is 6.58 Å². The lowest BCUT2D eigenvalue weighted by molar-refractivity contribution is 0.0120. The van der Waals surface area contributed by atoms with Crippen molar-refractivity contribution < 1.29 is 24.4 Å². The van der Waals surface area contributed by atoms with Crippen molar-refractivity contribution in [1.29, 1.82) is 0 Å². The molecule has 0 aliphatic rings. The van der Waals surface area contributed by atoms with Crippen LogP contribution in [-0.2, 0) is 10.2 Å². The van der Waals surface area contributed by atoms with E-state index in [9.17, 15) is 5.11 Å². The molecule has 2 N–H and O–H groups in total. The standard InChI is InChI=1S/C26H44O5/c1-9-12-25(5,6)23(28)18-31-22-17-20(26(7,8)19-24(2,3)4)10-11-21(22)30-16-15-29-14-13-27/h9-11,17,23,27-28H,1,12-16,18-19H2,2-8H3. The molecule has 31 heavy (non-hydrogen) atoms. The summed E-state index contributed by atoms with van der Waals surface area (Å²) in [5.74, 6) is 1.24. The molecule has 0 amide bonds. The molecule has 0 aromatic heterocycles. The number of benzene rings is 1. The molecule has 0 fully saturated rings. The van der Waals surface area contributed by atoms with Gasteiger partial charge in [-0.1, -0.05) is 60.6 Å². The number of aliphatic hydroxyl groups excluding tert-OH is 2. The minimum absolute atomic E-state index is 0.00962. The van der Waals surface area contributed by atoms with Crippen LogP contribution in [0.2, 0.25) is 0 Å². The lowest BCUT2D eigenvalue weighted by atomic mass is 9.72. The largest absolute Gasteiger partial charge is 0.487 e. The van der Waals surface area contributed by atoms with Crippen LogP contribution >= 0.6 is 0 Å². The Balaban J connectivity index is 3.05. The van der Waals surface area contributed by atoms with Gasteiger partial charge < -0.3 is 24.4 Å². The fourth-order valence-electron chi connectivity index (χ4n) is 3.87. The molecule has 5 nitrogen and oxygen atoms in total. The zero-order chi connectivity index (χ0) is 23.7. The van der Waals surface area contributed by atoms with E-state index >= 15 is 0 Å². The number of rotatable bonds is 14. The van der Waals surface area contributed by atoms with Crippen molar-refractivity contribution in [2.24, 2.45) is 10.8 Å². The van der Waals surface area contributed by atoms with Crippen LogP contribution in [0.5, 0.6) is 11.5 Å². The van der Waals surface area contributed by atoms with E-state index in [1.807, 2.05) is 32.1 Å². The summed E-state index contributed by atoms with van der Waals surface area (Å²) in [5.41, 5.74) is 0.986. The number of aliphatic hydroxyl groups is 2. The highest BCUT2D eigenvalue weighted by Crippen LogP contribution is 2.40. The Bertz CT molecular complexity index is 673. The molecular weight excluding hydrogens is 392 g/mol. The molecule has 0 aliphatic heterocycles. The molecule has 1 unspecified atom stereocenters. The van der Waals surface area contributed by atoms with Crippen LogP contribution in [0, 0.1) is 10.8 Å². The molecule has 0 spiro atoms. The van der Waals surface area contributed by atoms with Crippen molar-refractivity contribution in [3.05, 3.63) is 36.4 Å². The smallest absolute Gasteiger partial charge is 0.161 e. The highest BCUT2D eigenvalue weighted by molar-refractivity contribution is 5.45. The molecule has 0 aliphatic carbocycles. The Morgan fingerprint density at radius 1 is 0.968 bits per heavy atom. The Morgan fingerprint density at radius 3 is 2.23 bits per heavy atom. The molecule has 1 aromatic carbocycles. The molecule has 0 radical (unpaired) electrons. The fourth-order valence-corrected chi connectivity index (χ4v) is 3.87. The molecule has 0 saturated heterocycles. The monoisotopic (exact) mass is 436 g/mol. The average molecular weight is 437 g/mol. The predicted octanol–water partition coefficient (Wildman–Crippen LogP) is 5.13. The second kappa shape index (κ2) is 11.9. The van der Waals surface area contributed by atoms with Crippen LogP contribution in [0.15, 0.2) is 30.9 Å². The van der Waals surface area contributed by atoms with E-state index in [4.69, 9.17) is 19.3 Å².